The van der Waals surface area contributed by atoms with Crippen LogP contribution in [0.3, 0.4) is 0 Å². The molecule has 134 valence electrons. The Hall–Kier alpha value is -3.67. The smallest absolute Gasteiger partial charge is 0.250 e. The quantitative estimate of drug-likeness (QED) is 0.587. The van der Waals surface area contributed by atoms with Crippen LogP contribution in [0.15, 0.2) is 71.8 Å². The van der Waals surface area contributed by atoms with Gasteiger partial charge in [-0.25, -0.2) is 0 Å². The molecule has 0 spiro atoms. The molecule has 0 aliphatic heterocycles. The van der Waals surface area contributed by atoms with Gasteiger partial charge in [-0.05, 0) is 34.9 Å². The molecule has 6 nitrogen and oxygen atoms in total. The first-order valence-corrected chi connectivity index (χ1v) is 8.60. The van der Waals surface area contributed by atoms with E-state index in [0.29, 0.717) is 12.2 Å². The minimum Gasteiger partial charge on any atom is -0.326 e. The Bertz CT molecular complexity index is 1190. The molecule has 6 heteroatoms. The standard InChI is InChI=1S/C21H18N4O2/c1-14(26)23-19-5-3-2-4-18(19)13-25-12-17(8-9-21(25)27)15-6-7-16-11-22-24-20(16)10-15/h2-12H,13H2,1H3,(H,22,24)(H,23,26). The highest BCUT2D eigenvalue weighted by Crippen LogP contribution is 2.23. The monoisotopic (exact) mass is 358 g/mol. The first-order valence-electron chi connectivity index (χ1n) is 8.60. The zero-order chi connectivity index (χ0) is 18.8. The van der Waals surface area contributed by atoms with E-state index in [4.69, 9.17) is 0 Å². The summed E-state index contributed by atoms with van der Waals surface area (Å²) >= 11 is 0. The second-order valence-electron chi connectivity index (χ2n) is 6.39. The summed E-state index contributed by atoms with van der Waals surface area (Å²) in [6.07, 6.45) is 3.61. The van der Waals surface area contributed by atoms with E-state index in [2.05, 4.69) is 15.5 Å². The zero-order valence-electron chi connectivity index (χ0n) is 14.8. The lowest BCUT2D eigenvalue weighted by Gasteiger charge is -2.13. The third kappa shape index (κ3) is 3.50. The second-order valence-corrected chi connectivity index (χ2v) is 6.39. The van der Waals surface area contributed by atoms with E-state index >= 15 is 0 Å². The number of amides is 1. The predicted octanol–water partition coefficient (Wildman–Crippen LogP) is 3.40. The zero-order valence-corrected chi connectivity index (χ0v) is 14.8. The number of pyridine rings is 1. The van der Waals surface area contributed by atoms with Crippen LogP contribution >= 0.6 is 0 Å². The number of rotatable bonds is 4. The average molecular weight is 358 g/mol. The minimum atomic E-state index is -0.142. The van der Waals surface area contributed by atoms with Crippen LogP contribution in [-0.4, -0.2) is 20.7 Å². The lowest BCUT2D eigenvalue weighted by Crippen LogP contribution is -2.20. The Kier molecular flexibility index (Phi) is 4.30. The molecule has 2 aromatic heterocycles. The van der Waals surface area contributed by atoms with E-state index in [1.54, 1.807) is 16.8 Å². The Labute approximate surface area is 155 Å². The number of nitrogens with zero attached hydrogens (tertiary/aromatic N) is 2. The fraction of sp³-hybridized carbons (Fsp3) is 0.0952. The molecule has 0 radical (unpaired) electrons. The molecule has 4 rings (SSSR count). The second kappa shape index (κ2) is 6.92. The Morgan fingerprint density at radius 2 is 1.93 bits per heavy atom. The van der Waals surface area contributed by atoms with Gasteiger partial charge in [-0.2, -0.15) is 5.10 Å². The van der Waals surface area contributed by atoms with Gasteiger partial charge in [-0.1, -0.05) is 30.3 Å². The van der Waals surface area contributed by atoms with Gasteiger partial charge in [-0.3, -0.25) is 14.7 Å². The van der Waals surface area contributed by atoms with E-state index in [9.17, 15) is 9.59 Å². The fourth-order valence-electron chi connectivity index (χ4n) is 3.10. The van der Waals surface area contributed by atoms with E-state index in [-0.39, 0.29) is 11.5 Å². The van der Waals surface area contributed by atoms with Crippen LogP contribution < -0.4 is 10.9 Å². The lowest BCUT2D eigenvalue weighted by atomic mass is 10.1. The van der Waals surface area contributed by atoms with Crippen LogP contribution in [0.2, 0.25) is 0 Å². The van der Waals surface area contributed by atoms with Crippen molar-refractivity contribution in [3.05, 3.63) is 82.9 Å². The Balaban J connectivity index is 1.71. The van der Waals surface area contributed by atoms with Gasteiger partial charge in [0.2, 0.25) is 5.91 Å². The van der Waals surface area contributed by atoms with Crippen molar-refractivity contribution >= 4 is 22.5 Å². The first kappa shape index (κ1) is 16.8. The summed E-state index contributed by atoms with van der Waals surface area (Å²) in [7, 11) is 0. The summed E-state index contributed by atoms with van der Waals surface area (Å²) in [5.74, 6) is -0.142. The largest absolute Gasteiger partial charge is 0.326 e. The molecule has 2 N–H and O–H groups in total. The normalized spacial score (nSPS) is 10.9. The average Bonchev–Trinajstić information content (AvgIpc) is 3.12. The number of benzene rings is 2. The number of hydrogen-bond donors (Lipinski definition) is 2. The molecule has 0 saturated carbocycles. The highest BCUT2D eigenvalue weighted by molar-refractivity contribution is 5.89. The van der Waals surface area contributed by atoms with Crippen LogP contribution in [0.1, 0.15) is 12.5 Å². The molecule has 0 atom stereocenters. The minimum absolute atomic E-state index is 0.0982. The number of fused-ring (bicyclic) bond motifs is 1. The molecule has 2 aromatic carbocycles. The van der Waals surface area contributed by atoms with Crippen LogP contribution in [0.25, 0.3) is 22.0 Å². The highest BCUT2D eigenvalue weighted by atomic mass is 16.1. The summed E-state index contributed by atoms with van der Waals surface area (Å²) in [5, 5.41) is 10.9. The topological polar surface area (TPSA) is 79.8 Å². The molecule has 0 saturated heterocycles. The van der Waals surface area contributed by atoms with Crippen molar-refractivity contribution in [2.75, 3.05) is 5.32 Å². The van der Waals surface area contributed by atoms with Crippen molar-refractivity contribution in [1.29, 1.82) is 0 Å². The number of hydrogen-bond acceptors (Lipinski definition) is 3. The molecular weight excluding hydrogens is 340 g/mol. The van der Waals surface area contributed by atoms with E-state index in [0.717, 1.165) is 27.6 Å². The number of para-hydroxylation sites is 1. The van der Waals surface area contributed by atoms with Crippen molar-refractivity contribution in [3.8, 4) is 11.1 Å². The summed E-state index contributed by atoms with van der Waals surface area (Å²) in [4.78, 5) is 23.8. The maximum absolute atomic E-state index is 12.4. The lowest BCUT2D eigenvalue weighted by molar-refractivity contribution is -0.114. The Morgan fingerprint density at radius 3 is 2.78 bits per heavy atom. The molecular formula is C21H18N4O2. The van der Waals surface area contributed by atoms with Crippen molar-refractivity contribution in [2.45, 2.75) is 13.5 Å². The van der Waals surface area contributed by atoms with Gasteiger partial charge in [0.05, 0.1) is 18.3 Å². The maximum atomic E-state index is 12.4. The highest BCUT2D eigenvalue weighted by Gasteiger charge is 2.08. The molecule has 0 aliphatic carbocycles. The van der Waals surface area contributed by atoms with E-state index in [1.165, 1.54) is 6.92 Å². The summed E-state index contributed by atoms with van der Waals surface area (Å²) in [6, 6.07) is 16.9. The number of aromatic amines is 1. The number of aromatic nitrogens is 3. The van der Waals surface area contributed by atoms with E-state index in [1.807, 2.05) is 54.7 Å². The van der Waals surface area contributed by atoms with Crippen LogP contribution in [0.4, 0.5) is 5.69 Å². The van der Waals surface area contributed by atoms with E-state index < -0.39 is 0 Å². The predicted molar refractivity (Wildman–Crippen MR) is 106 cm³/mol. The summed E-state index contributed by atoms with van der Waals surface area (Å²) in [6.45, 7) is 1.84. The van der Waals surface area contributed by atoms with Gasteiger partial charge >= 0.3 is 0 Å². The molecule has 0 fully saturated rings. The third-order valence-corrected chi connectivity index (χ3v) is 4.43. The van der Waals surface area contributed by atoms with Crippen molar-refractivity contribution in [1.82, 2.24) is 14.8 Å². The molecule has 1 amide bonds. The molecule has 27 heavy (non-hydrogen) atoms. The van der Waals surface area contributed by atoms with Gasteiger partial charge in [0, 0.05) is 30.3 Å². The number of nitrogens with one attached hydrogen (secondary N) is 2. The van der Waals surface area contributed by atoms with Gasteiger partial charge < -0.3 is 9.88 Å². The van der Waals surface area contributed by atoms with Crippen molar-refractivity contribution in [3.63, 3.8) is 0 Å². The summed E-state index contributed by atoms with van der Waals surface area (Å²) in [5.41, 5.74) is 4.36. The molecule has 0 unspecified atom stereocenters. The van der Waals surface area contributed by atoms with Crippen molar-refractivity contribution < 1.29 is 4.79 Å². The fourth-order valence-corrected chi connectivity index (χ4v) is 3.10. The van der Waals surface area contributed by atoms with Gasteiger partial charge in [0.1, 0.15) is 0 Å². The van der Waals surface area contributed by atoms with Gasteiger partial charge in [0.25, 0.3) is 5.56 Å². The number of anilines is 1. The molecule has 2 heterocycles. The Morgan fingerprint density at radius 1 is 1.11 bits per heavy atom. The van der Waals surface area contributed by atoms with Crippen LogP contribution in [-0.2, 0) is 11.3 Å². The SMILES string of the molecule is CC(=O)Nc1ccccc1Cn1cc(-c2ccc3cn[nH]c3c2)ccc1=O. The molecule has 0 bridgehead atoms. The van der Waals surface area contributed by atoms with Gasteiger partial charge in [-0.15, -0.1) is 0 Å². The van der Waals surface area contributed by atoms with Gasteiger partial charge in [0.15, 0.2) is 0 Å². The summed E-state index contributed by atoms with van der Waals surface area (Å²) < 4.78 is 1.65. The van der Waals surface area contributed by atoms with Crippen LogP contribution in [0.5, 0.6) is 0 Å². The van der Waals surface area contributed by atoms with Crippen LogP contribution in [0, 0.1) is 0 Å². The third-order valence-electron chi connectivity index (χ3n) is 4.43. The van der Waals surface area contributed by atoms with Crippen molar-refractivity contribution in [2.24, 2.45) is 0 Å². The first-order chi connectivity index (χ1) is 13.1. The molecule has 4 aromatic rings. The number of H-pyrrole nitrogens is 1. The number of carbonyl (C=O) groups is 1. The maximum Gasteiger partial charge on any atom is 0.250 e. The number of carbonyl (C=O) groups excluding carboxylic acids is 1. The molecule has 0 aliphatic rings.